The number of nitrogens with one attached hydrogen (secondary N) is 1. The van der Waals surface area contributed by atoms with Crippen LogP contribution in [0.2, 0.25) is 15.1 Å². The van der Waals surface area contributed by atoms with E-state index in [1.165, 1.54) is 42.1 Å². The number of rotatable bonds is 8. The molecule has 0 radical (unpaired) electrons. The molecule has 0 spiro atoms. The molecule has 3 rings (SSSR count). The first-order valence-electron chi connectivity index (χ1n) is 11.0. The van der Waals surface area contributed by atoms with E-state index >= 15 is 0 Å². The Morgan fingerprint density at radius 3 is 2.14 bits per heavy atom. The number of hydrogen-bond acceptors (Lipinski definition) is 4. The Morgan fingerprint density at radius 1 is 0.944 bits per heavy atom. The summed E-state index contributed by atoms with van der Waals surface area (Å²) in [5.41, 5.74) is 4.88. The Kier molecular flexibility index (Phi) is 9.19. The van der Waals surface area contributed by atoms with Gasteiger partial charge >= 0.3 is 0 Å². The van der Waals surface area contributed by atoms with E-state index in [0.717, 1.165) is 9.87 Å². The van der Waals surface area contributed by atoms with Crippen molar-refractivity contribution < 1.29 is 13.2 Å². The molecule has 0 heterocycles. The van der Waals surface area contributed by atoms with Crippen molar-refractivity contribution in [1.82, 2.24) is 9.73 Å². The predicted molar refractivity (Wildman–Crippen MR) is 146 cm³/mol. The number of halogens is 3. The maximum atomic E-state index is 13.4. The fourth-order valence-corrected chi connectivity index (χ4v) is 5.23. The SMILES string of the molecule is CC(C)(C)c1ccc(/C=N\NC(=O)CN(Cc2ccc(Cl)cc2Cl)S(=O)(=O)c2ccc(Cl)cc2)cc1. The molecule has 0 aromatic heterocycles. The van der Waals surface area contributed by atoms with E-state index in [1.54, 1.807) is 12.1 Å². The Bertz CT molecular complexity index is 1350. The summed E-state index contributed by atoms with van der Waals surface area (Å²) in [7, 11) is -4.06. The molecule has 6 nitrogen and oxygen atoms in total. The van der Waals surface area contributed by atoms with Gasteiger partial charge in [-0.1, -0.05) is 85.9 Å². The second kappa shape index (κ2) is 11.8. The van der Waals surface area contributed by atoms with Gasteiger partial charge in [0.1, 0.15) is 0 Å². The van der Waals surface area contributed by atoms with Crippen LogP contribution in [-0.4, -0.2) is 31.4 Å². The molecular weight excluding hydrogens is 541 g/mol. The van der Waals surface area contributed by atoms with Crippen LogP contribution in [0.15, 0.2) is 76.7 Å². The second-order valence-electron chi connectivity index (χ2n) is 9.13. The number of amides is 1. The number of carbonyl (C=O) groups excluding carboxylic acids is 1. The highest BCUT2D eigenvalue weighted by Crippen LogP contribution is 2.26. The van der Waals surface area contributed by atoms with Crippen LogP contribution in [-0.2, 0) is 26.8 Å². The third-order valence-corrected chi connectivity index (χ3v) is 7.96. The summed E-state index contributed by atoms with van der Waals surface area (Å²) in [6.07, 6.45) is 1.50. The van der Waals surface area contributed by atoms with Gasteiger partial charge in [0.2, 0.25) is 10.0 Å². The van der Waals surface area contributed by atoms with Crippen LogP contribution < -0.4 is 5.43 Å². The van der Waals surface area contributed by atoms with E-state index in [0.29, 0.717) is 15.6 Å². The predicted octanol–water partition coefficient (Wildman–Crippen LogP) is 6.29. The van der Waals surface area contributed by atoms with E-state index in [1.807, 2.05) is 24.3 Å². The lowest BCUT2D eigenvalue weighted by Crippen LogP contribution is -2.39. The van der Waals surface area contributed by atoms with E-state index in [2.05, 4.69) is 31.3 Å². The molecule has 10 heteroatoms. The maximum absolute atomic E-state index is 13.4. The standard InChI is InChI=1S/C26H26Cl3N3O3S/c1-26(2,3)20-7-4-18(5-8-20)15-30-31-25(33)17-32(16-19-6-9-22(28)14-24(19)29)36(34,35)23-12-10-21(27)11-13-23/h4-15H,16-17H2,1-3H3,(H,31,33)/b30-15-. The lowest BCUT2D eigenvalue weighted by Gasteiger charge is -2.22. The van der Waals surface area contributed by atoms with Gasteiger partial charge in [-0.2, -0.15) is 9.41 Å². The fourth-order valence-electron chi connectivity index (χ4n) is 3.26. The average Bonchev–Trinajstić information content (AvgIpc) is 2.80. The van der Waals surface area contributed by atoms with Crippen LogP contribution in [0, 0.1) is 0 Å². The number of hydrazone groups is 1. The first kappa shape index (κ1) is 28.2. The first-order valence-corrected chi connectivity index (χ1v) is 13.6. The molecule has 0 aliphatic heterocycles. The molecule has 3 aromatic rings. The smallest absolute Gasteiger partial charge is 0.255 e. The minimum absolute atomic E-state index is 0.00720. The van der Waals surface area contributed by atoms with Crippen molar-refractivity contribution in [2.75, 3.05) is 6.54 Å². The van der Waals surface area contributed by atoms with E-state index in [4.69, 9.17) is 34.8 Å². The van der Waals surface area contributed by atoms with Crippen LogP contribution in [0.4, 0.5) is 0 Å². The molecule has 0 unspecified atom stereocenters. The molecule has 0 atom stereocenters. The zero-order valence-corrected chi connectivity index (χ0v) is 23.1. The lowest BCUT2D eigenvalue weighted by atomic mass is 9.87. The Balaban J connectivity index is 1.78. The van der Waals surface area contributed by atoms with Crippen LogP contribution in [0.1, 0.15) is 37.5 Å². The van der Waals surface area contributed by atoms with Gasteiger partial charge in [-0.3, -0.25) is 4.79 Å². The Hall–Kier alpha value is -2.42. The summed E-state index contributed by atoms with van der Waals surface area (Å²) in [5.74, 6) is -0.611. The number of hydrogen-bond donors (Lipinski definition) is 1. The van der Waals surface area contributed by atoms with Crippen LogP contribution in [0.5, 0.6) is 0 Å². The van der Waals surface area contributed by atoms with E-state index < -0.39 is 22.5 Å². The van der Waals surface area contributed by atoms with Crippen molar-refractivity contribution in [3.05, 3.63) is 98.5 Å². The third kappa shape index (κ3) is 7.54. The van der Waals surface area contributed by atoms with Gasteiger partial charge in [0.05, 0.1) is 17.7 Å². The van der Waals surface area contributed by atoms with Gasteiger partial charge < -0.3 is 0 Å². The Labute approximate surface area is 226 Å². The van der Waals surface area contributed by atoms with E-state index in [-0.39, 0.29) is 21.9 Å². The van der Waals surface area contributed by atoms with Gasteiger partial charge in [0.15, 0.2) is 0 Å². The molecule has 36 heavy (non-hydrogen) atoms. The Morgan fingerprint density at radius 2 is 1.56 bits per heavy atom. The van der Waals surface area contributed by atoms with Gasteiger partial charge in [-0.05, 0) is 58.5 Å². The van der Waals surface area contributed by atoms with Gasteiger partial charge in [-0.25, -0.2) is 13.8 Å². The lowest BCUT2D eigenvalue weighted by molar-refractivity contribution is -0.121. The molecular formula is C26H26Cl3N3O3S. The fraction of sp³-hybridized carbons (Fsp3) is 0.231. The average molecular weight is 567 g/mol. The number of carbonyl (C=O) groups is 1. The summed E-state index contributed by atoms with van der Waals surface area (Å²) < 4.78 is 27.8. The molecule has 0 bridgehead atoms. The summed E-state index contributed by atoms with van der Waals surface area (Å²) in [6, 6.07) is 18.2. The molecule has 1 amide bonds. The number of benzene rings is 3. The molecule has 3 aromatic carbocycles. The van der Waals surface area contributed by atoms with Crippen molar-refractivity contribution >= 4 is 56.9 Å². The van der Waals surface area contributed by atoms with Crippen LogP contribution in [0.3, 0.4) is 0 Å². The normalized spacial score (nSPS) is 12.3. The maximum Gasteiger partial charge on any atom is 0.255 e. The largest absolute Gasteiger partial charge is 0.272 e. The molecule has 0 fully saturated rings. The van der Waals surface area contributed by atoms with Crippen molar-refractivity contribution in [2.24, 2.45) is 5.10 Å². The first-order chi connectivity index (χ1) is 16.9. The third-order valence-electron chi connectivity index (χ3n) is 5.31. The minimum Gasteiger partial charge on any atom is -0.272 e. The van der Waals surface area contributed by atoms with Gasteiger partial charge in [-0.15, -0.1) is 0 Å². The quantitative estimate of drug-likeness (QED) is 0.257. The number of sulfonamides is 1. The van der Waals surface area contributed by atoms with Gasteiger partial charge in [0, 0.05) is 21.6 Å². The molecule has 0 aliphatic carbocycles. The van der Waals surface area contributed by atoms with Crippen molar-refractivity contribution in [3.8, 4) is 0 Å². The summed E-state index contributed by atoms with van der Waals surface area (Å²) in [5, 5.41) is 5.08. The molecule has 190 valence electrons. The topological polar surface area (TPSA) is 78.8 Å². The monoisotopic (exact) mass is 565 g/mol. The van der Waals surface area contributed by atoms with Gasteiger partial charge in [0.25, 0.3) is 5.91 Å². The highest BCUT2D eigenvalue weighted by atomic mass is 35.5. The zero-order valence-electron chi connectivity index (χ0n) is 20.0. The summed E-state index contributed by atoms with van der Waals surface area (Å²) in [4.78, 5) is 12.7. The minimum atomic E-state index is -4.06. The highest BCUT2D eigenvalue weighted by molar-refractivity contribution is 7.89. The molecule has 0 aliphatic rings. The molecule has 1 N–H and O–H groups in total. The molecule has 0 saturated heterocycles. The molecule has 0 saturated carbocycles. The van der Waals surface area contributed by atoms with Crippen LogP contribution in [0.25, 0.3) is 0 Å². The summed E-state index contributed by atoms with van der Waals surface area (Å²) in [6.45, 7) is 5.74. The van der Waals surface area contributed by atoms with Crippen LogP contribution >= 0.6 is 34.8 Å². The van der Waals surface area contributed by atoms with E-state index in [9.17, 15) is 13.2 Å². The zero-order chi connectivity index (χ0) is 26.5. The number of nitrogens with zero attached hydrogens (tertiary/aromatic N) is 2. The van der Waals surface area contributed by atoms with Crippen molar-refractivity contribution in [2.45, 2.75) is 37.6 Å². The summed E-state index contributed by atoms with van der Waals surface area (Å²) >= 11 is 18.1. The van der Waals surface area contributed by atoms with Crippen molar-refractivity contribution in [1.29, 1.82) is 0 Å². The second-order valence-corrected chi connectivity index (χ2v) is 12.3. The highest BCUT2D eigenvalue weighted by Gasteiger charge is 2.27. The van der Waals surface area contributed by atoms with Crippen molar-refractivity contribution in [3.63, 3.8) is 0 Å².